The number of aliphatic hydroxyl groups is 1. The van der Waals surface area contributed by atoms with Crippen molar-refractivity contribution in [2.75, 3.05) is 13.1 Å². The van der Waals surface area contributed by atoms with E-state index >= 15 is 0 Å². The van der Waals surface area contributed by atoms with Gasteiger partial charge in [0.15, 0.2) is 0 Å². The molecule has 1 amide bonds. The van der Waals surface area contributed by atoms with Gasteiger partial charge in [0, 0.05) is 24.2 Å². The Morgan fingerprint density at radius 3 is 2.70 bits per heavy atom. The summed E-state index contributed by atoms with van der Waals surface area (Å²) in [5.74, 6) is -1.35. The zero-order valence-electron chi connectivity index (χ0n) is 13.5. The van der Waals surface area contributed by atoms with Crippen LogP contribution in [0.15, 0.2) is 18.2 Å². The standard InChI is InChI=1S/C17H23NO5/c1-3-8-17(16(22)23)10-18(9-7-14(17)20)15(21)12-5-4-6-13(19)11(12)2/h4-6,14,19-20H,3,7-10H2,1-2H3,(H,22,23)/t14-,17+/m0/s1. The van der Waals surface area contributed by atoms with E-state index in [1.54, 1.807) is 19.1 Å². The fourth-order valence-corrected chi connectivity index (χ4v) is 3.29. The maximum atomic E-state index is 12.7. The maximum absolute atomic E-state index is 12.7. The fraction of sp³-hybridized carbons (Fsp3) is 0.529. The lowest BCUT2D eigenvalue weighted by atomic mass is 9.74. The molecule has 6 nitrogen and oxygen atoms in total. The third-order valence-electron chi connectivity index (χ3n) is 4.73. The Morgan fingerprint density at radius 2 is 2.09 bits per heavy atom. The monoisotopic (exact) mass is 321 g/mol. The molecule has 2 atom stereocenters. The molecule has 1 fully saturated rings. The van der Waals surface area contributed by atoms with Crippen molar-refractivity contribution in [2.24, 2.45) is 5.41 Å². The Hall–Kier alpha value is -2.08. The molecular formula is C17H23NO5. The first-order valence-corrected chi connectivity index (χ1v) is 7.82. The van der Waals surface area contributed by atoms with E-state index in [0.717, 1.165) is 0 Å². The normalized spacial score (nSPS) is 24.5. The van der Waals surface area contributed by atoms with Gasteiger partial charge in [-0.2, -0.15) is 0 Å². The number of phenols is 1. The molecule has 0 spiro atoms. The summed E-state index contributed by atoms with van der Waals surface area (Å²) in [5, 5.41) is 29.6. The van der Waals surface area contributed by atoms with Crippen LogP contribution in [-0.4, -0.2) is 51.3 Å². The van der Waals surface area contributed by atoms with Crippen LogP contribution in [-0.2, 0) is 4.79 Å². The number of hydrogen-bond donors (Lipinski definition) is 3. The molecule has 6 heteroatoms. The molecule has 1 aromatic rings. The Labute approximate surface area is 135 Å². The summed E-state index contributed by atoms with van der Waals surface area (Å²) >= 11 is 0. The Bertz CT molecular complexity index is 615. The molecule has 2 rings (SSSR count). The summed E-state index contributed by atoms with van der Waals surface area (Å²) in [6.07, 6.45) is 0.188. The summed E-state index contributed by atoms with van der Waals surface area (Å²) in [6.45, 7) is 3.79. The van der Waals surface area contributed by atoms with Gasteiger partial charge in [-0.25, -0.2) is 0 Å². The molecule has 0 saturated carbocycles. The van der Waals surface area contributed by atoms with Crippen molar-refractivity contribution < 1.29 is 24.9 Å². The molecule has 0 unspecified atom stereocenters. The van der Waals surface area contributed by atoms with Crippen LogP contribution in [0.2, 0.25) is 0 Å². The molecule has 1 saturated heterocycles. The average Bonchev–Trinajstić information content (AvgIpc) is 2.51. The van der Waals surface area contributed by atoms with Crippen molar-refractivity contribution in [3.63, 3.8) is 0 Å². The number of amides is 1. The van der Waals surface area contributed by atoms with E-state index in [2.05, 4.69) is 0 Å². The number of benzene rings is 1. The lowest BCUT2D eigenvalue weighted by molar-refractivity contribution is -0.162. The summed E-state index contributed by atoms with van der Waals surface area (Å²) in [6, 6.07) is 4.71. The predicted molar refractivity (Wildman–Crippen MR) is 84.3 cm³/mol. The number of piperidine rings is 1. The fourth-order valence-electron chi connectivity index (χ4n) is 3.29. The van der Waals surface area contributed by atoms with Crippen LogP contribution < -0.4 is 0 Å². The van der Waals surface area contributed by atoms with Crippen molar-refractivity contribution in [3.05, 3.63) is 29.3 Å². The second kappa shape index (κ2) is 6.58. The second-order valence-corrected chi connectivity index (χ2v) is 6.19. The van der Waals surface area contributed by atoms with E-state index in [4.69, 9.17) is 0 Å². The van der Waals surface area contributed by atoms with Gasteiger partial charge in [-0.3, -0.25) is 9.59 Å². The first kappa shape index (κ1) is 17.3. The van der Waals surface area contributed by atoms with E-state index in [-0.39, 0.29) is 24.6 Å². The highest BCUT2D eigenvalue weighted by Crippen LogP contribution is 2.36. The highest BCUT2D eigenvalue weighted by Gasteiger charge is 2.49. The molecule has 1 aliphatic heterocycles. The van der Waals surface area contributed by atoms with Gasteiger partial charge < -0.3 is 20.2 Å². The van der Waals surface area contributed by atoms with Gasteiger partial charge in [0.1, 0.15) is 11.2 Å². The number of nitrogens with zero attached hydrogens (tertiary/aromatic N) is 1. The van der Waals surface area contributed by atoms with Crippen LogP contribution in [0.1, 0.15) is 42.1 Å². The Morgan fingerprint density at radius 1 is 1.39 bits per heavy atom. The number of aromatic hydroxyl groups is 1. The minimum atomic E-state index is -1.33. The average molecular weight is 321 g/mol. The molecule has 0 radical (unpaired) electrons. The third kappa shape index (κ3) is 3.03. The number of aliphatic hydroxyl groups excluding tert-OH is 1. The smallest absolute Gasteiger partial charge is 0.314 e. The molecule has 1 aliphatic rings. The number of carbonyl (C=O) groups is 2. The van der Waals surface area contributed by atoms with Crippen molar-refractivity contribution in [2.45, 2.75) is 39.2 Å². The van der Waals surface area contributed by atoms with Crippen molar-refractivity contribution in [1.82, 2.24) is 4.90 Å². The van der Waals surface area contributed by atoms with Gasteiger partial charge >= 0.3 is 5.97 Å². The summed E-state index contributed by atoms with van der Waals surface area (Å²) in [4.78, 5) is 26.0. The van der Waals surface area contributed by atoms with E-state index in [9.17, 15) is 24.9 Å². The molecule has 0 bridgehead atoms. The number of carboxylic acid groups (broad SMARTS) is 1. The largest absolute Gasteiger partial charge is 0.508 e. The lowest BCUT2D eigenvalue weighted by Crippen LogP contribution is -2.57. The molecule has 0 aromatic heterocycles. The number of carbonyl (C=O) groups excluding carboxylic acids is 1. The summed E-state index contributed by atoms with van der Waals surface area (Å²) in [5.41, 5.74) is -0.495. The van der Waals surface area contributed by atoms with Crippen LogP contribution in [0.5, 0.6) is 5.75 Å². The van der Waals surface area contributed by atoms with Crippen LogP contribution in [0.25, 0.3) is 0 Å². The van der Waals surface area contributed by atoms with E-state index in [0.29, 0.717) is 30.5 Å². The number of likely N-dealkylation sites (tertiary alicyclic amines) is 1. The van der Waals surface area contributed by atoms with Gasteiger partial charge in [-0.05, 0) is 31.9 Å². The Kier molecular flexibility index (Phi) is 4.94. The maximum Gasteiger partial charge on any atom is 0.314 e. The summed E-state index contributed by atoms with van der Waals surface area (Å²) < 4.78 is 0. The van der Waals surface area contributed by atoms with Crippen molar-refractivity contribution in [3.8, 4) is 5.75 Å². The van der Waals surface area contributed by atoms with Gasteiger partial charge in [-0.1, -0.05) is 19.4 Å². The number of aliphatic carboxylic acids is 1. The van der Waals surface area contributed by atoms with Crippen LogP contribution in [0.3, 0.4) is 0 Å². The molecule has 1 aromatic carbocycles. The number of phenolic OH excluding ortho intramolecular Hbond substituents is 1. The van der Waals surface area contributed by atoms with Crippen LogP contribution >= 0.6 is 0 Å². The van der Waals surface area contributed by atoms with Crippen LogP contribution in [0, 0.1) is 12.3 Å². The Balaban J connectivity index is 2.32. The van der Waals surface area contributed by atoms with E-state index in [1.807, 2.05) is 6.92 Å². The van der Waals surface area contributed by atoms with Crippen molar-refractivity contribution >= 4 is 11.9 Å². The zero-order valence-corrected chi connectivity index (χ0v) is 13.5. The molecule has 23 heavy (non-hydrogen) atoms. The van der Waals surface area contributed by atoms with Crippen molar-refractivity contribution in [1.29, 1.82) is 0 Å². The first-order chi connectivity index (χ1) is 10.8. The summed E-state index contributed by atoms with van der Waals surface area (Å²) in [7, 11) is 0. The van der Waals surface area contributed by atoms with Gasteiger partial charge in [0.05, 0.1) is 6.10 Å². The zero-order chi connectivity index (χ0) is 17.2. The van der Waals surface area contributed by atoms with E-state index in [1.165, 1.54) is 11.0 Å². The van der Waals surface area contributed by atoms with E-state index < -0.39 is 17.5 Å². The molecule has 1 heterocycles. The molecule has 0 aliphatic carbocycles. The molecule has 126 valence electrons. The molecular weight excluding hydrogens is 298 g/mol. The predicted octanol–water partition coefficient (Wildman–Crippen LogP) is 1.78. The first-order valence-electron chi connectivity index (χ1n) is 7.82. The topological polar surface area (TPSA) is 98.1 Å². The highest BCUT2D eigenvalue weighted by atomic mass is 16.4. The molecule has 3 N–H and O–H groups in total. The quantitative estimate of drug-likeness (QED) is 0.785. The number of rotatable bonds is 4. The third-order valence-corrected chi connectivity index (χ3v) is 4.73. The highest BCUT2D eigenvalue weighted by molar-refractivity contribution is 5.96. The van der Waals surface area contributed by atoms with Gasteiger partial charge in [0.25, 0.3) is 5.91 Å². The lowest BCUT2D eigenvalue weighted by Gasteiger charge is -2.43. The second-order valence-electron chi connectivity index (χ2n) is 6.19. The SMILES string of the molecule is CCC[C@@]1(C(=O)O)CN(C(=O)c2cccc(O)c2C)CC[C@@H]1O. The minimum absolute atomic E-state index is 0.0226. The van der Waals surface area contributed by atoms with Gasteiger partial charge in [-0.15, -0.1) is 0 Å². The number of carboxylic acids is 1. The van der Waals surface area contributed by atoms with Gasteiger partial charge in [0.2, 0.25) is 0 Å². The number of hydrogen-bond acceptors (Lipinski definition) is 4. The van der Waals surface area contributed by atoms with Crippen LogP contribution in [0.4, 0.5) is 0 Å². The minimum Gasteiger partial charge on any atom is -0.508 e.